The van der Waals surface area contributed by atoms with Crippen molar-refractivity contribution in [1.82, 2.24) is 0 Å². The number of alkyl halides is 3. The van der Waals surface area contributed by atoms with Gasteiger partial charge in [-0.15, -0.1) is 0 Å². The predicted molar refractivity (Wildman–Crippen MR) is 50.5 cm³/mol. The minimum atomic E-state index is -4.19. The third kappa shape index (κ3) is 2.30. The van der Waals surface area contributed by atoms with Gasteiger partial charge in [0.15, 0.2) is 0 Å². The topological polar surface area (TPSA) is 9.23 Å². The molecule has 0 aromatic carbocycles. The van der Waals surface area contributed by atoms with Gasteiger partial charge in [-0.2, -0.15) is 13.2 Å². The van der Waals surface area contributed by atoms with Gasteiger partial charge in [-0.3, -0.25) is 0 Å². The van der Waals surface area contributed by atoms with Gasteiger partial charge >= 0.3 is 6.18 Å². The summed E-state index contributed by atoms with van der Waals surface area (Å²) in [4.78, 5) is 0. The second-order valence-electron chi connectivity index (χ2n) is 5.08. The van der Waals surface area contributed by atoms with E-state index in [0.717, 1.165) is 25.2 Å². The lowest BCUT2D eigenvalue weighted by atomic mass is 9.79. The summed E-state index contributed by atoms with van der Waals surface area (Å²) in [5, 5.41) is 0. The Labute approximate surface area is 88.0 Å². The summed E-state index contributed by atoms with van der Waals surface area (Å²) >= 11 is 0. The first-order valence-corrected chi connectivity index (χ1v) is 5.60. The first-order chi connectivity index (χ1) is 6.91. The Morgan fingerprint density at radius 1 is 1.33 bits per heavy atom. The van der Waals surface area contributed by atoms with Gasteiger partial charge in [-0.05, 0) is 50.4 Å². The maximum Gasteiger partial charge on any atom is 0.411 e. The van der Waals surface area contributed by atoms with Gasteiger partial charge in [0.05, 0.1) is 6.10 Å². The van der Waals surface area contributed by atoms with E-state index >= 15 is 0 Å². The van der Waals surface area contributed by atoms with Crippen LogP contribution < -0.4 is 0 Å². The maximum absolute atomic E-state index is 12.0. The number of hydrogen-bond donors (Lipinski definition) is 0. The average Bonchev–Trinajstić information content (AvgIpc) is 2.73. The summed E-state index contributed by atoms with van der Waals surface area (Å²) < 4.78 is 41.0. The van der Waals surface area contributed by atoms with Gasteiger partial charge in [0, 0.05) is 0 Å². The third-order valence-electron chi connectivity index (χ3n) is 4.16. The highest BCUT2D eigenvalue weighted by atomic mass is 19.4. The van der Waals surface area contributed by atoms with Crippen molar-refractivity contribution < 1.29 is 17.9 Å². The summed E-state index contributed by atoms with van der Waals surface area (Å²) in [5.74, 6) is 0.752. The molecule has 0 amide bonds. The lowest BCUT2D eigenvalue weighted by Crippen LogP contribution is -2.34. The molecule has 2 aliphatic rings. The van der Waals surface area contributed by atoms with Crippen LogP contribution in [0.15, 0.2) is 0 Å². The van der Waals surface area contributed by atoms with Gasteiger partial charge in [0.25, 0.3) is 0 Å². The van der Waals surface area contributed by atoms with E-state index in [4.69, 9.17) is 4.74 Å². The second-order valence-corrected chi connectivity index (χ2v) is 5.08. The molecule has 1 atom stereocenters. The number of rotatable bonds is 3. The fourth-order valence-electron chi connectivity index (χ4n) is 3.20. The van der Waals surface area contributed by atoms with Crippen molar-refractivity contribution >= 4 is 0 Å². The summed E-state index contributed by atoms with van der Waals surface area (Å²) in [6.07, 6.45) is 1.10. The van der Waals surface area contributed by atoms with Crippen LogP contribution in [0.4, 0.5) is 13.2 Å². The monoisotopic (exact) mass is 222 g/mol. The predicted octanol–water partition coefficient (Wildman–Crippen LogP) is 3.53. The van der Waals surface area contributed by atoms with Gasteiger partial charge < -0.3 is 4.74 Å². The largest absolute Gasteiger partial charge is 0.411 e. The molecule has 0 spiro atoms. The number of hydrogen-bond acceptors (Lipinski definition) is 1. The van der Waals surface area contributed by atoms with Crippen molar-refractivity contribution in [3.8, 4) is 0 Å². The minimum Gasteiger partial charge on any atom is -0.369 e. The second kappa shape index (κ2) is 3.65. The van der Waals surface area contributed by atoms with Crippen LogP contribution in [0.1, 0.15) is 39.0 Å². The molecule has 0 heterocycles. The number of ether oxygens (including phenoxy) is 1. The van der Waals surface area contributed by atoms with E-state index < -0.39 is 12.8 Å². The summed E-state index contributed by atoms with van der Waals surface area (Å²) in [6, 6.07) is 0. The lowest BCUT2D eigenvalue weighted by molar-refractivity contribution is -0.195. The molecule has 15 heavy (non-hydrogen) atoms. The highest BCUT2D eigenvalue weighted by Gasteiger charge is 2.49. The van der Waals surface area contributed by atoms with Crippen LogP contribution >= 0.6 is 0 Å². The molecule has 2 fully saturated rings. The molecule has 1 nitrogen and oxygen atoms in total. The minimum absolute atomic E-state index is 0.0654. The van der Waals surface area contributed by atoms with Gasteiger partial charge in [-0.25, -0.2) is 0 Å². The molecule has 0 aromatic rings. The molecule has 0 saturated heterocycles. The molecule has 0 radical (unpaired) electrons. The Bertz CT molecular complexity index is 228. The Kier molecular flexibility index (Phi) is 2.73. The molecule has 2 rings (SSSR count). The Balaban J connectivity index is 1.88. The van der Waals surface area contributed by atoms with E-state index in [0.29, 0.717) is 0 Å². The van der Waals surface area contributed by atoms with Gasteiger partial charge in [0.1, 0.15) is 6.61 Å². The van der Waals surface area contributed by atoms with E-state index in [9.17, 15) is 13.2 Å². The molecule has 0 aliphatic heterocycles. The van der Waals surface area contributed by atoms with Crippen LogP contribution in [0.2, 0.25) is 0 Å². The summed E-state index contributed by atoms with van der Waals surface area (Å²) in [7, 11) is 0. The van der Waals surface area contributed by atoms with Gasteiger partial charge in [-0.1, -0.05) is 0 Å². The van der Waals surface area contributed by atoms with Crippen molar-refractivity contribution in [3.63, 3.8) is 0 Å². The number of fused-ring (bicyclic) bond motifs is 2. The molecule has 1 unspecified atom stereocenters. The van der Waals surface area contributed by atoms with Crippen molar-refractivity contribution in [2.45, 2.75) is 51.3 Å². The van der Waals surface area contributed by atoms with E-state index in [-0.39, 0.29) is 11.5 Å². The van der Waals surface area contributed by atoms with Crippen LogP contribution in [0.3, 0.4) is 0 Å². The highest BCUT2D eigenvalue weighted by molar-refractivity contribution is 4.99. The molecule has 0 N–H and O–H groups in total. The molecule has 2 aliphatic carbocycles. The van der Waals surface area contributed by atoms with E-state index in [2.05, 4.69) is 0 Å². The normalized spacial score (nSPS) is 37.2. The summed E-state index contributed by atoms with van der Waals surface area (Å²) in [6.45, 7) is 0.708. The fraction of sp³-hybridized carbons (Fsp3) is 1.00. The van der Waals surface area contributed by atoms with Crippen molar-refractivity contribution in [2.24, 2.45) is 11.3 Å². The smallest absolute Gasteiger partial charge is 0.369 e. The van der Waals surface area contributed by atoms with E-state index in [1.165, 1.54) is 12.8 Å². The Morgan fingerprint density at radius 3 is 2.33 bits per heavy atom. The fourth-order valence-corrected chi connectivity index (χ4v) is 3.20. The molecular weight excluding hydrogens is 205 g/mol. The van der Waals surface area contributed by atoms with E-state index in [1.807, 2.05) is 0 Å². The highest BCUT2D eigenvalue weighted by Crippen LogP contribution is 2.56. The SMILES string of the molecule is CC(OCC(F)(F)F)C12CCC(CC1)C2. The molecule has 2 bridgehead atoms. The Morgan fingerprint density at radius 2 is 1.93 bits per heavy atom. The van der Waals surface area contributed by atoms with Crippen LogP contribution in [0.25, 0.3) is 0 Å². The van der Waals surface area contributed by atoms with E-state index in [1.54, 1.807) is 6.92 Å². The van der Waals surface area contributed by atoms with Crippen LogP contribution in [-0.4, -0.2) is 18.9 Å². The standard InChI is InChI=1S/C11H17F3O/c1-8(15-7-11(12,13)14)10-4-2-9(6-10)3-5-10/h8-9H,2-7H2,1H3. The van der Waals surface area contributed by atoms with Gasteiger partial charge in [0.2, 0.25) is 0 Å². The van der Waals surface area contributed by atoms with Crippen LogP contribution in [0, 0.1) is 11.3 Å². The molecule has 4 heteroatoms. The zero-order valence-electron chi connectivity index (χ0n) is 8.94. The lowest BCUT2D eigenvalue weighted by Gasteiger charge is -2.33. The van der Waals surface area contributed by atoms with Crippen molar-refractivity contribution in [2.75, 3.05) is 6.61 Å². The zero-order valence-corrected chi connectivity index (χ0v) is 8.94. The first-order valence-electron chi connectivity index (χ1n) is 5.60. The third-order valence-corrected chi connectivity index (χ3v) is 4.16. The molecule has 0 aromatic heterocycles. The van der Waals surface area contributed by atoms with Crippen LogP contribution in [-0.2, 0) is 4.74 Å². The quantitative estimate of drug-likeness (QED) is 0.709. The summed E-state index contributed by atoms with van der Waals surface area (Å²) in [5.41, 5.74) is 0.0654. The maximum atomic E-state index is 12.0. The Hall–Kier alpha value is -0.250. The zero-order chi connectivity index (χ0) is 11.1. The first kappa shape index (κ1) is 11.2. The van der Waals surface area contributed by atoms with Crippen molar-refractivity contribution in [3.05, 3.63) is 0 Å². The molecular formula is C11H17F3O. The number of halogens is 3. The van der Waals surface area contributed by atoms with Crippen LogP contribution in [0.5, 0.6) is 0 Å². The van der Waals surface area contributed by atoms with Crippen molar-refractivity contribution in [1.29, 1.82) is 0 Å². The molecule has 2 saturated carbocycles. The average molecular weight is 222 g/mol. The molecule has 88 valence electrons.